The average Bonchev–Trinajstić information content (AvgIpc) is 2.90. The van der Waals surface area contributed by atoms with E-state index in [9.17, 15) is 4.79 Å². The first-order chi connectivity index (χ1) is 9.81. The maximum atomic E-state index is 11.7. The van der Waals surface area contributed by atoms with Gasteiger partial charge in [-0.15, -0.1) is 11.3 Å². The molecule has 1 aliphatic carbocycles. The number of carbonyl (C=O) groups is 1. The highest BCUT2D eigenvalue weighted by molar-refractivity contribution is 7.10. The van der Waals surface area contributed by atoms with E-state index >= 15 is 0 Å². The summed E-state index contributed by atoms with van der Waals surface area (Å²) in [5.74, 6) is 1.08. The van der Waals surface area contributed by atoms with Crippen molar-refractivity contribution in [1.29, 1.82) is 0 Å². The summed E-state index contributed by atoms with van der Waals surface area (Å²) in [6, 6.07) is 3.92. The van der Waals surface area contributed by atoms with Gasteiger partial charge >= 0.3 is 0 Å². The molecule has 3 rings (SSSR count). The fourth-order valence-electron chi connectivity index (χ4n) is 2.10. The highest BCUT2D eigenvalue weighted by atomic mass is 32.1. The van der Waals surface area contributed by atoms with Crippen LogP contribution in [-0.4, -0.2) is 15.9 Å². The van der Waals surface area contributed by atoms with Gasteiger partial charge in [-0.1, -0.05) is 12.5 Å². The molecule has 2 aromatic heterocycles. The molecule has 2 heterocycles. The van der Waals surface area contributed by atoms with Crippen molar-refractivity contribution in [1.82, 2.24) is 9.97 Å². The van der Waals surface area contributed by atoms with Crippen molar-refractivity contribution in [3.8, 4) is 0 Å². The van der Waals surface area contributed by atoms with Crippen LogP contribution in [0.3, 0.4) is 0 Å². The first kappa shape index (κ1) is 13.0. The summed E-state index contributed by atoms with van der Waals surface area (Å²) in [7, 11) is 0. The van der Waals surface area contributed by atoms with Gasteiger partial charge in [0.1, 0.15) is 5.82 Å². The standard InChI is InChI=1S/C15H15N3OS/c19-15(7-5-13-9-16-10-20-13)18-14-6-4-12(8-17-14)11-2-1-3-11/h4-11H,1-3H2,(H,17,18,19)/b7-5+. The first-order valence-electron chi connectivity index (χ1n) is 6.65. The maximum Gasteiger partial charge on any atom is 0.249 e. The fraction of sp³-hybridized carbons (Fsp3) is 0.267. The van der Waals surface area contributed by atoms with Gasteiger partial charge in [0.15, 0.2) is 0 Å². The van der Waals surface area contributed by atoms with Crippen molar-refractivity contribution in [3.63, 3.8) is 0 Å². The normalized spacial score (nSPS) is 15.2. The van der Waals surface area contributed by atoms with E-state index in [0.717, 1.165) is 4.88 Å². The molecule has 1 N–H and O–H groups in total. The third-order valence-electron chi connectivity index (χ3n) is 3.46. The number of aromatic nitrogens is 2. The summed E-state index contributed by atoms with van der Waals surface area (Å²) in [4.78, 5) is 20.9. The molecular weight excluding hydrogens is 270 g/mol. The lowest BCUT2D eigenvalue weighted by Crippen LogP contribution is -2.11. The third kappa shape index (κ3) is 3.11. The fourth-order valence-corrected chi connectivity index (χ4v) is 2.61. The van der Waals surface area contributed by atoms with Crippen LogP contribution in [-0.2, 0) is 4.79 Å². The third-order valence-corrected chi connectivity index (χ3v) is 4.21. The Kier molecular flexibility index (Phi) is 3.87. The number of hydrogen-bond acceptors (Lipinski definition) is 4. The minimum absolute atomic E-state index is 0.178. The van der Waals surface area contributed by atoms with Gasteiger partial charge in [0, 0.05) is 23.3 Å². The lowest BCUT2D eigenvalue weighted by Gasteiger charge is -2.25. The molecule has 1 amide bonds. The first-order valence-corrected chi connectivity index (χ1v) is 7.53. The van der Waals surface area contributed by atoms with Gasteiger partial charge < -0.3 is 5.32 Å². The Hall–Kier alpha value is -2.01. The van der Waals surface area contributed by atoms with E-state index in [1.165, 1.54) is 42.2 Å². The Morgan fingerprint density at radius 1 is 1.35 bits per heavy atom. The molecule has 0 aliphatic heterocycles. The van der Waals surface area contributed by atoms with Crippen molar-refractivity contribution in [2.75, 3.05) is 5.32 Å². The Balaban J connectivity index is 1.58. The monoisotopic (exact) mass is 285 g/mol. The Bertz CT molecular complexity index is 601. The largest absolute Gasteiger partial charge is 0.307 e. The average molecular weight is 285 g/mol. The van der Waals surface area contributed by atoms with Crippen LogP contribution in [0.4, 0.5) is 5.82 Å². The SMILES string of the molecule is O=C(/C=C/c1cncs1)Nc1ccc(C2CCC2)cn1. The molecule has 2 aromatic rings. The molecule has 1 saturated carbocycles. The van der Waals surface area contributed by atoms with E-state index in [1.807, 2.05) is 12.3 Å². The highest BCUT2D eigenvalue weighted by Crippen LogP contribution is 2.35. The lowest BCUT2D eigenvalue weighted by molar-refractivity contribution is -0.111. The molecule has 0 bridgehead atoms. The molecule has 1 aliphatic rings. The van der Waals surface area contributed by atoms with Crippen LogP contribution in [0.2, 0.25) is 0 Å². The second-order valence-corrected chi connectivity index (χ2v) is 5.75. The van der Waals surface area contributed by atoms with E-state index in [4.69, 9.17) is 0 Å². The number of nitrogens with one attached hydrogen (secondary N) is 1. The summed E-state index contributed by atoms with van der Waals surface area (Å²) in [6.07, 6.45) is 10.7. The Labute approximate surface area is 121 Å². The molecule has 20 heavy (non-hydrogen) atoms. The van der Waals surface area contributed by atoms with Crippen LogP contribution in [0.1, 0.15) is 35.6 Å². The van der Waals surface area contributed by atoms with Crippen LogP contribution >= 0.6 is 11.3 Å². The van der Waals surface area contributed by atoms with Gasteiger partial charge in [-0.3, -0.25) is 9.78 Å². The van der Waals surface area contributed by atoms with Crippen molar-refractivity contribution in [2.45, 2.75) is 25.2 Å². The number of thiazole rings is 1. The molecule has 0 unspecified atom stereocenters. The smallest absolute Gasteiger partial charge is 0.249 e. The molecule has 0 saturated heterocycles. The van der Waals surface area contributed by atoms with E-state index in [2.05, 4.69) is 21.4 Å². The number of anilines is 1. The number of carbonyl (C=O) groups excluding carboxylic acids is 1. The number of nitrogens with zero attached hydrogens (tertiary/aromatic N) is 2. The summed E-state index contributed by atoms with van der Waals surface area (Å²) in [6.45, 7) is 0. The minimum Gasteiger partial charge on any atom is -0.307 e. The second-order valence-electron chi connectivity index (χ2n) is 4.83. The molecule has 5 heteroatoms. The van der Waals surface area contributed by atoms with E-state index < -0.39 is 0 Å². The Morgan fingerprint density at radius 3 is 2.85 bits per heavy atom. The summed E-state index contributed by atoms with van der Waals surface area (Å²) < 4.78 is 0. The predicted molar refractivity (Wildman–Crippen MR) is 80.6 cm³/mol. The minimum atomic E-state index is -0.178. The molecule has 0 spiro atoms. The van der Waals surface area contributed by atoms with Crippen LogP contribution < -0.4 is 5.32 Å². The molecule has 0 atom stereocenters. The lowest BCUT2D eigenvalue weighted by atomic mass is 9.81. The zero-order chi connectivity index (χ0) is 13.8. The van der Waals surface area contributed by atoms with E-state index in [0.29, 0.717) is 11.7 Å². The number of pyridine rings is 1. The van der Waals surface area contributed by atoms with E-state index in [1.54, 1.807) is 17.8 Å². The zero-order valence-electron chi connectivity index (χ0n) is 11.0. The molecule has 0 radical (unpaired) electrons. The van der Waals surface area contributed by atoms with Gasteiger partial charge in [0.25, 0.3) is 0 Å². The van der Waals surface area contributed by atoms with Crippen molar-refractivity contribution in [3.05, 3.63) is 46.6 Å². The van der Waals surface area contributed by atoms with Crippen LogP contribution in [0, 0.1) is 0 Å². The Morgan fingerprint density at radius 2 is 2.25 bits per heavy atom. The van der Waals surface area contributed by atoms with Gasteiger partial charge in [-0.25, -0.2) is 4.98 Å². The summed E-state index contributed by atoms with van der Waals surface area (Å²) in [5, 5.41) is 2.75. The van der Waals surface area contributed by atoms with Crippen LogP contribution in [0.15, 0.2) is 36.1 Å². The molecule has 4 nitrogen and oxygen atoms in total. The van der Waals surface area contributed by atoms with Gasteiger partial charge in [-0.2, -0.15) is 0 Å². The number of amides is 1. The highest BCUT2D eigenvalue weighted by Gasteiger charge is 2.19. The molecule has 1 fully saturated rings. The van der Waals surface area contributed by atoms with E-state index in [-0.39, 0.29) is 5.91 Å². The molecule has 0 aromatic carbocycles. The molecule has 102 valence electrons. The van der Waals surface area contributed by atoms with Gasteiger partial charge in [0.05, 0.1) is 5.51 Å². The summed E-state index contributed by atoms with van der Waals surface area (Å²) in [5.41, 5.74) is 3.01. The quantitative estimate of drug-likeness (QED) is 0.875. The van der Waals surface area contributed by atoms with Crippen molar-refractivity contribution < 1.29 is 4.79 Å². The van der Waals surface area contributed by atoms with Crippen LogP contribution in [0.5, 0.6) is 0 Å². The zero-order valence-corrected chi connectivity index (χ0v) is 11.8. The van der Waals surface area contributed by atoms with Crippen molar-refractivity contribution >= 4 is 29.1 Å². The van der Waals surface area contributed by atoms with Gasteiger partial charge in [-0.05, 0) is 36.5 Å². The maximum absolute atomic E-state index is 11.7. The van der Waals surface area contributed by atoms with Crippen LogP contribution in [0.25, 0.3) is 6.08 Å². The predicted octanol–water partition coefficient (Wildman–Crippen LogP) is 3.46. The topological polar surface area (TPSA) is 54.9 Å². The number of rotatable bonds is 4. The molecular formula is C15H15N3OS. The van der Waals surface area contributed by atoms with Gasteiger partial charge in [0.2, 0.25) is 5.91 Å². The van der Waals surface area contributed by atoms with Crippen molar-refractivity contribution in [2.24, 2.45) is 0 Å². The number of hydrogen-bond donors (Lipinski definition) is 1. The summed E-state index contributed by atoms with van der Waals surface area (Å²) >= 11 is 1.49. The second kappa shape index (κ2) is 5.96.